The SMILES string of the molecule is CCOC(=O)CC(=O)CC(O)c1ccncc1. The summed E-state index contributed by atoms with van der Waals surface area (Å²) < 4.78 is 4.65. The molecule has 0 radical (unpaired) electrons. The summed E-state index contributed by atoms with van der Waals surface area (Å²) in [6.07, 6.45) is 1.78. The fourth-order valence-corrected chi connectivity index (χ4v) is 1.36. The summed E-state index contributed by atoms with van der Waals surface area (Å²) in [4.78, 5) is 26.3. The van der Waals surface area contributed by atoms with Crippen LogP contribution in [0, 0.1) is 0 Å². The highest BCUT2D eigenvalue weighted by molar-refractivity contribution is 5.95. The Morgan fingerprint density at radius 1 is 1.41 bits per heavy atom. The van der Waals surface area contributed by atoms with Gasteiger partial charge in [0.1, 0.15) is 12.2 Å². The van der Waals surface area contributed by atoms with Crippen LogP contribution in [0.5, 0.6) is 0 Å². The molecule has 0 bridgehead atoms. The molecule has 0 saturated heterocycles. The minimum atomic E-state index is -0.903. The van der Waals surface area contributed by atoms with Crippen LogP contribution in [0.2, 0.25) is 0 Å². The number of aromatic nitrogens is 1. The lowest BCUT2D eigenvalue weighted by atomic mass is 10.0. The number of Topliss-reactive ketones (excluding diaryl/α,β-unsaturated/α-hetero) is 1. The molecule has 17 heavy (non-hydrogen) atoms. The number of nitrogens with zero attached hydrogens (tertiary/aromatic N) is 1. The smallest absolute Gasteiger partial charge is 0.313 e. The summed E-state index contributed by atoms with van der Waals surface area (Å²) >= 11 is 0. The van der Waals surface area contributed by atoms with Crippen LogP contribution < -0.4 is 0 Å². The molecule has 5 heteroatoms. The highest BCUT2D eigenvalue weighted by Crippen LogP contribution is 2.16. The van der Waals surface area contributed by atoms with Gasteiger partial charge < -0.3 is 9.84 Å². The van der Waals surface area contributed by atoms with Gasteiger partial charge in [-0.1, -0.05) is 0 Å². The maximum Gasteiger partial charge on any atom is 0.313 e. The van der Waals surface area contributed by atoms with E-state index in [1.807, 2.05) is 0 Å². The van der Waals surface area contributed by atoms with Crippen molar-refractivity contribution < 1.29 is 19.4 Å². The molecular weight excluding hydrogens is 222 g/mol. The first-order valence-corrected chi connectivity index (χ1v) is 5.38. The van der Waals surface area contributed by atoms with Crippen LogP contribution >= 0.6 is 0 Å². The molecule has 1 rings (SSSR count). The van der Waals surface area contributed by atoms with Crippen molar-refractivity contribution in [1.82, 2.24) is 4.98 Å². The zero-order chi connectivity index (χ0) is 12.7. The average Bonchev–Trinajstić information content (AvgIpc) is 2.30. The van der Waals surface area contributed by atoms with E-state index in [9.17, 15) is 14.7 Å². The number of ether oxygens (including phenoxy) is 1. The first kappa shape index (κ1) is 13.3. The first-order valence-electron chi connectivity index (χ1n) is 5.38. The van der Waals surface area contributed by atoms with E-state index in [1.54, 1.807) is 19.1 Å². The Morgan fingerprint density at radius 3 is 2.65 bits per heavy atom. The molecule has 1 N–H and O–H groups in total. The van der Waals surface area contributed by atoms with Crippen molar-refractivity contribution >= 4 is 11.8 Å². The van der Waals surface area contributed by atoms with E-state index in [1.165, 1.54) is 12.4 Å². The third-order valence-corrected chi connectivity index (χ3v) is 2.16. The molecule has 5 nitrogen and oxygen atoms in total. The zero-order valence-corrected chi connectivity index (χ0v) is 9.63. The maximum absolute atomic E-state index is 11.4. The molecule has 0 fully saturated rings. The van der Waals surface area contributed by atoms with Gasteiger partial charge in [0.2, 0.25) is 0 Å². The lowest BCUT2D eigenvalue weighted by Gasteiger charge is -2.09. The molecule has 1 aromatic rings. The minimum Gasteiger partial charge on any atom is -0.466 e. The van der Waals surface area contributed by atoms with E-state index in [-0.39, 0.29) is 25.2 Å². The van der Waals surface area contributed by atoms with Crippen LogP contribution in [0.3, 0.4) is 0 Å². The average molecular weight is 237 g/mol. The van der Waals surface area contributed by atoms with Crippen molar-refractivity contribution in [1.29, 1.82) is 0 Å². The molecule has 0 saturated carbocycles. The van der Waals surface area contributed by atoms with E-state index < -0.39 is 12.1 Å². The molecule has 0 aliphatic heterocycles. The van der Waals surface area contributed by atoms with Crippen molar-refractivity contribution in [2.24, 2.45) is 0 Å². The standard InChI is InChI=1S/C12H15NO4/c1-2-17-12(16)8-10(14)7-11(15)9-3-5-13-6-4-9/h3-6,11,15H,2,7-8H2,1H3. The van der Waals surface area contributed by atoms with Gasteiger partial charge >= 0.3 is 5.97 Å². The number of aliphatic hydroxyl groups is 1. The van der Waals surface area contributed by atoms with E-state index in [2.05, 4.69) is 9.72 Å². The van der Waals surface area contributed by atoms with Crippen LogP contribution in [0.1, 0.15) is 31.4 Å². The fourth-order valence-electron chi connectivity index (χ4n) is 1.36. The predicted octanol–water partition coefficient (Wildman–Crippen LogP) is 1.03. The Morgan fingerprint density at radius 2 is 2.06 bits per heavy atom. The molecule has 92 valence electrons. The maximum atomic E-state index is 11.4. The number of ketones is 1. The largest absolute Gasteiger partial charge is 0.466 e. The first-order chi connectivity index (χ1) is 8.13. The molecule has 1 unspecified atom stereocenters. The van der Waals surface area contributed by atoms with E-state index in [0.717, 1.165) is 0 Å². The van der Waals surface area contributed by atoms with E-state index in [4.69, 9.17) is 0 Å². The number of carbonyl (C=O) groups is 2. The molecule has 0 aliphatic rings. The summed E-state index contributed by atoms with van der Waals surface area (Å²) in [6, 6.07) is 3.25. The van der Waals surface area contributed by atoms with Gasteiger partial charge in [0.15, 0.2) is 0 Å². The normalized spacial score (nSPS) is 11.9. The van der Waals surface area contributed by atoms with E-state index in [0.29, 0.717) is 5.56 Å². The highest BCUT2D eigenvalue weighted by Gasteiger charge is 2.16. The van der Waals surface area contributed by atoms with Gasteiger partial charge in [0, 0.05) is 18.8 Å². The highest BCUT2D eigenvalue weighted by atomic mass is 16.5. The topological polar surface area (TPSA) is 76.5 Å². The van der Waals surface area contributed by atoms with Gasteiger partial charge in [-0.2, -0.15) is 0 Å². The van der Waals surface area contributed by atoms with Crippen molar-refractivity contribution in [3.8, 4) is 0 Å². The molecule has 0 aliphatic carbocycles. The summed E-state index contributed by atoms with van der Waals surface area (Å²) in [5, 5.41) is 9.73. The second-order valence-corrected chi connectivity index (χ2v) is 3.52. The van der Waals surface area contributed by atoms with Crippen molar-refractivity contribution in [2.75, 3.05) is 6.61 Å². The molecule has 0 aromatic carbocycles. The van der Waals surface area contributed by atoms with Crippen LogP contribution in [0.15, 0.2) is 24.5 Å². The van der Waals surface area contributed by atoms with E-state index >= 15 is 0 Å². The zero-order valence-electron chi connectivity index (χ0n) is 9.63. The van der Waals surface area contributed by atoms with Crippen LogP contribution in [-0.2, 0) is 14.3 Å². The molecule has 1 aromatic heterocycles. The minimum absolute atomic E-state index is 0.0944. The van der Waals surface area contributed by atoms with Gasteiger partial charge in [-0.05, 0) is 24.6 Å². The predicted molar refractivity (Wildman–Crippen MR) is 60.1 cm³/mol. The molecule has 1 heterocycles. The Hall–Kier alpha value is -1.75. The third kappa shape index (κ3) is 4.74. The van der Waals surface area contributed by atoms with Crippen LogP contribution in [0.25, 0.3) is 0 Å². The summed E-state index contributed by atoms with van der Waals surface area (Å²) in [5.74, 6) is -0.896. The Kier molecular flexibility index (Phi) is 5.29. The lowest BCUT2D eigenvalue weighted by Crippen LogP contribution is -2.13. The second kappa shape index (κ2) is 6.75. The number of hydrogen-bond donors (Lipinski definition) is 1. The Bertz CT molecular complexity index is 377. The van der Waals surface area contributed by atoms with Gasteiger partial charge in [0.25, 0.3) is 0 Å². The van der Waals surface area contributed by atoms with Crippen molar-refractivity contribution in [2.45, 2.75) is 25.9 Å². The molecule has 0 amide bonds. The van der Waals surface area contributed by atoms with Crippen LogP contribution in [-0.4, -0.2) is 28.4 Å². The van der Waals surface area contributed by atoms with Gasteiger partial charge in [-0.15, -0.1) is 0 Å². The third-order valence-electron chi connectivity index (χ3n) is 2.16. The number of rotatable bonds is 6. The summed E-state index contributed by atoms with van der Waals surface area (Å²) in [7, 11) is 0. The monoisotopic (exact) mass is 237 g/mol. The number of esters is 1. The number of carbonyl (C=O) groups excluding carboxylic acids is 2. The number of hydrogen-bond acceptors (Lipinski definition) is 5. The molecule has 1 atom stereocenters. The number of pyridine rings is 1. The van der Waals surface area contributed by atoms with Crippen molar-refractivity contribution in [3.63, 3.8) is 0 Å². The Labute approximate surface area is 99.4 Å². The number of aliphatic hydroxyl groups excluding tert-OH is 1. The summed E-state index contributed by atoms with van der Waals surface area (Å²) in [6.45, 7) is 1.92. The Balaban J connectivity index is 2.44. The molecular formula is C12H15NO4. The quantitative estimate of drug-likeness (QED) is 0.590. The van der Waals surface area contributed by atoms with Crippen molar-refractivity contribution in [3.05, 3.63) is 30.1 Å². The van der Waals surface area contributed by atoms with Gasteiger partial charge in [-0.3, -0.25) is 14.6 Å². The second-order valence-electron chi connectivity index (χ2n) is 3.52. The van der Waals surface area contributed by atoms with Gasteiger partial charge in [0.05, 0.1) is 12.7 Å². The lowest BCUT2D eigenvalue weighted by molar-refractivity contribution is -0.145. The van der Waals surface area contributed by atoms with Gasteiger partial charge in [-0.25, -0.2) is 0 Å². The summed E-state index contributed by atoms with van der Waals surface area (Å²) in [5.41, 5.74) is 0.609. The van der Waals surface area contributed by atoms with Crippen LogP contribution in [0.4, 0.5) is 0 Å². The molecule has 0 spiro atoms. The fraction of sp³-hybridized carbons (Fsp3) is 0.417.